The molecule has 0 radical (unpaired) electrons. The summed E-state index contributed by atoms with van der Waals surface area (Å²) in [5.41, 5.74) is 2.81. The molecule has 1 unspecified atom stereocenters. The van der Waals surface area contributed by atoms with Crippen molar-refractivity contribution in [3.8, 4) is 0 Å². The minimum absolute atomic E-state index is 0.115. The summed E-state index contributed by atoms with van der Waals surface area (Å²) in [5.74, 6) is 1.06. The molecule has 140 valence electrons. The van der Waals surface area contributed by atoms with Gasteiger partial charge in [-0.3, -0.25) is 4.79 Å². The molecule has 0 heterocycles. The fourth-order valence-corrected chi connectivity index (χ4v) is 6.77. The molecule has 0 spiro atoms. The first-order chi connectivity index (χ1) is 11.7. The Morgan fingerprint density at radius 2 is 2.12 bits per heavy atom. The second-order valence-electron chi connectivity index (χ2n) is 9.24. The first kappa shape index (κ1) is 18.7. The maximum atomic E-state index is 11.4. The number of fused-ring (bicyclic) bond motifs is 3. The smallest absolute Gasteiger partial charge is 0.302 e. The van der Waals surface area contributed by atoms with Gasteiger partial charge in [0.25, 0.3) is 0 Å². The Morgan fingerprint density at radius 1 is 1.40 bits per heavy atom. The summed E-state index contributed by atoms with van der Waals surface area (Å²) < 4.78 is 5.45. The van der Waals surface area contributed by atoms with Gasteiger partial charge >= 0.3 is 5.97 Å². The lowest BCUT2D eigenvalue weighted by atomic mass is 9.43. The fraction of sp³-hybridized carbons (Fsp3) is 0.773. The van der Waals surface area contributed by atoms with Gasteiger partial charge in [0.1, 0.15) is 0 Å². The maximum Gasteiger partial charge on any atom is 0.302 e. The maximum absolute atomic E-state index is 11.4. The molecule has 0 aromatic rings. The molecule has 2 saturated carbocycles. The lowest BCUT2D eigenvalue weighted by Gasteiger charge is -2.62. The van der Waals surface area contributed by atoms with E-state index in [1.54, 1.807) is 0 Å². The third kappa shape index (κ3) is 2.99. The molecule has 3 nitrogen and oxygen atoms in total. The van der Waals surface area contributed by atoms with Gasteiger partial charge < -0.3 is 9.84 Å². The molecule has 3 aliphatic rings. The average molecular weight is 347 g/mol. The molecular weight excluding hydrogens is 312 g/mol. The van der Waals surface area contributed by atoms with E-state index < -0.39 is 0 Å². The van der Waals surface area contributed by atoms with Crippen LogP contribution in [-0.4, -0.2) is 23.8 Å². The van der Waals surface area contributed by atoms with Crippen LogP contribution in [0.3, 0.4) is 0 Å². The highest BCUT2D eigenvalue weighted by atomic mass is 16.5. The van der Waals surface area contributed by atoms with E-state index in [4.69, 9.17) is 4.74 Å². The van der Waals surface area contributed by atoms with Crippen LogP contribution in [-0.2, 0) is 9.53 Å². The number of carbonyl (C=O) groups excluding carboxylic acids is 1. The molecule has 1 N–H and O–H groups in total. The Morgan fingerprint density at radius 3 is 2.76 bits per heavy atom. The minimum Gasteiger partial charge on any atom is -0.465 e. The molecule has 0 amide bonds. The number of hydrogen-bond donors (Lipinski definition) is 1. The van der Waals surface area contributed by atoms with Crippen molar-refractivity contribution in [1.82, 2.24) is 0 Å². The molecule has 0 saturated heterocycles. The van der Waals surface area contributed by atoms with E-state index in [0.717, 1.165) is 25.7 Å². The van der Waals surface area contributed by atoms with Gasteiger partial charge in [-0.05, 0) is 67.8 Å². The van der Waals surface area contributed by atoms with Gasteiger partial charge in [0.15, 0.2) is 0 Å². The predicted molar refractivity (Wildman–Crippen MR) is 99.9 cm³/mol. The molecule has 3 rings (SSSR count). The van der Waals surface area contributed by atoms with Crippen LogP contribution in [0.15, 0.2) is 23.8 Å². The van der Waals surface area contributed by atoms with Crippen molar-refractivity contribution in [1.29, 1.82) is 0 Å². The highest BCUT2D eigenvalue weighted by Gasteiger charge is 2.60. The molecule has 25 heavy (non-hydrogen) atoms. The van der Waals surface area contributed by atoms with Crippen LogP contribution in [0.25, 0.3) is 0 Å². The van der Waals surface area contributed by atoms with Crippen molar-refractivity contribution in [2.75, 3.05) is 6.61 Å². The van der Waals surface area contributed by atoms with Crippen molar-refractivity contribution >= 4 is 5.97 Å². The van der Waals surface area contributed by atoms with E-state index in [-0.39, 0.29) is 28.8 Å². The number of aliphatic hydroxyl groups excluding tert-OH is 1. The monoisotopic (exact) mass is 346 g/mol. The van der Waals surface area contributed by atoms with E-state index >= 15 is 0 Å². The van der Waals surface area contributed by atoms with Crippen molar-refractivity contribution in [3.63, 3.8) is 0 Å². The summed E-state index contributed by atoms with van der Waals surface area (Å²) in [6, 6.07) is 0. The quantitative estimate of drug-likeness (QED) is 0.756. The second kappa shape index (κ2) is 6.57. The van der Waals surface area contributed by atoms with Gasteiger partial charge in [0, 0.05) is 12.3 Å². The van der Waals surface area contributed by atoms with Crippen LogP contribution in [0.1, 0.15) is 66.2 Å². The third-order valence-electron chi connectivity index (χ3n) is 7.78. The molecule has 0 bridgehead atoms. The van der Waals surface area contributed by atoms with E-state index in [0.29, 0.717) is 18.4 Å². The number of hydrogen-bond acceptors (Lipinski definition) is 3. The second-order valence-corrected chi connectivity index (χ2v) is 9.24. The molecule has 0 aromatic carbocycles. The van der Waals surface area contributed by atoms with Crippen LogP contribution in [0, 0.1) is 28.6 Å². The minimum atomic E-state index is -0.328. The topological polar surface area (TPSA) is 46.5 Å². The van der Waals surface area contributed by atoms with Crippen molar-refractivity contribution in [3.05, 3.63) is 23.8 Å². The Hall–Kier alpha value is -1.09. The molecule has 2 fully saturated rings. The van der Waals surface area contributed by atoms with Gasteiger partial charge in [-0.2, -0.15) is 0 Å². The number of carbonyl (C=O) groups is 1. The zero-order valence-corrected chi connectivity index (χ0v) is 16.3. The molecule has 0 aliphatic heterocycles. The van der Waals surface area contributed by atoms with Gasteiger partial charge in [-0.1, -0.05) is 38.5 Å². The third-order valence-corrected chi connectivity index (χ3v) is 7.78. The summed E-state index contributed by atoms with van der Waals surface area (Å²) in [4.78, 5) is 11.4. The number of aliphatic hydroxyl groups is 1. The highest BCUT2D eigenvalue weighted by Crippen LogP contribution is 2.64. The summed E-state index contributed by atoms with van der Waals surface area (Å²) >= 11 is 0. The van der Waals surface area contributed by atoms with Crippen molar-refractivity contribution in [2.24, 2.45) is 28.6 Å². The lowest BCUT2D eigenvalue weighted by Crippen LogP contribution is -2.60. The van der Waals surface area contributed by atoms with Gasteiger partial charge in [-0.25, -0.2) is 0 Å². The highest BCUT2D eigenvalue weighted by molar-refractivity contribution is 5.65. The Kier molecular flexibility index (Phi) is 4.91. The number of esters is 1. The van der Waals surface area contributed by atoms with Crippen LogP contribution in [0.2, 0.25) is 0 Å². The summed E-state index contributed by atoms with van der Waals surface area (Å²) in [6.07, 6.45) is 8.16. The van der Waals surface area contributed by atoms with E-state index in [1.165, 1.54) is 30.9 Å². The van der Waals surface area contributed by atoms with Gasteiger partial charge in [-0.15, -0.1) is 0 Å². The zero-order chi connectivity index (χ0) is 18.4. The first-order valence-electron chi connectivity index (χ1n) is 9.86. The summed E-state index contributed by atoms with van der Waals surface area (Å²) in [7, 11) is 0. The van der Waals surface area contributed by atoms with E-state index in [2.05, 4.69) is 27.4 Å². The largest absolute Gasteiger partial charge is 0.465 e. The first-order valence-corrected chi connectivity index (χ1v) is 9.86. The number of rotatable bonds is 3. The number of allylic oxidation sites excluding steroid dienone is 3. The predicted octanol–water partition coefficient (Wildman–Crippen LogP) is 4.66. The molecule has 6 atom stereocenters. The van der Waals surface area contributed by atoms with Crippen LogP contribution < -0.4 is 0 Å². The van der Waals surface area contributed by atoms with Crippen molar-refractivity contribution in [2.45, 2.75) is 72.3 Å². The molecular formula is C22H34O3. The van der Waals surface area contributed by atoms with Gasteiger partial charge in [0.2, 0.25) is 0 Å². The Labute approximate surface area is 152 Å². The fourth-order valence-electron chi connectivity index (χ4n) is 6.77. The molecule has 0 aromatic heterocycles. The van der Waals surface area contributed by atoms with Crippen molar-refractivity contribution < 1.29 is 14.6 Å². The SMILES string of the molecule is C=CC1=C(C)[C@@H]2C[C@@H](O)C3[C@](C)(COC(C)=O)CCC[C@]3(C)[C@H]2CC1. The lowest BCUT2D eigenvalue weighted by molar-refractivity contribution is -0.183. The normalized spacial score (nSPS) is 43.9. The standard InChI is InChI=1S/C22H34O3/c1-6-16-8-9-18-17(14(16)2)12-19(24)20-21(4,13-25-15(3)23)10-7-11-22(18,20)5/h6,17-20,24H,1,7-13H2,2-5H3/t17-,18-,19+,20?,21-,22+/m0/s1. The Balaban J connectivity index is 1.95. The average Bonchev–Trinajstić information content (AvgIpc) is 2.54. The summed E-state index contributed by atoms with van der Waals surface area (Å²) in [5, 5.41) is 11.2. The molecule has 3 heteroatoms. The number of ether oxygens (including phenoxy) is 1. The van der Waals surface area contributed by atoms with E-state index in [9.17, 15) is 9.90 Å². The zero-order valence-electron chi connectivity index (χ0n) is 16.3. The van der Waals surface area contributed by atoms with Gasteiger partial charge in [0.05, 0.1) is 12.7 Å². The van der Waals surface area contributed by atoms with Crippen LogP contribution >= 0.6 is 0 Å². The van der Waals surface area contributed by atoms with Crippen LogP contribution in [0.5, 0.6) is 0 Å². The molecule has 3 aliphatic carbocycles. The summed E-state index contributed by atoms with van der Waals surface area (Å²) in [6.45, 7) is 12.8. The van der Waals surface area contributed by atoms with Crippen LogP contribution in [0.4, 0.5) is 0 Å². The van der Waals surface area contributed by atoms with E-state index in [1.807, 2.05) is 6.08 Å². The Bertz CT molecular complexity index is 592.